The molecule has 1 saturated heterocycles. The minimum atomic E-state index is -3.80. The first-order valence-electron chi connectivity index (χ1n) is 7.29. The second-order valence-electron chi connectivity index (χ2n) is 6.12. The molecular formula is C15H23FN2O2S. The minimum Gasteiger partial charge on any atom is -0.398 e. The number of hydrogen-bond acceptors (Lipinski definition) is 3. The molecule has 0 aliphatic carbocycles. The topological polar surface area (TPSA) is 63.4 Å². The van der Waals surface area contributed by atoms with E-state index < -0.39 is 15.8 Å². The van der Waals surface area contributed by atoms with Gasteiger partial charge >= 0.3 is 0 Å². The zero-order valence-corrected chi connectivity index (χ0v) is 13.6. The van der Waals surface area contributed by atoms with Gasteiger partial charge in [0.15, 0.2) is 0 Å². The molecule has 2 N–H and O–H groups in total. The van der Waals surface area contributed by atoms with Gasteiger partial charge in [-0.1, -0.05) is 13.8 Å². The van der Waals surface area contributed by atoms with Crippen LogP contribution in [-0.2, 0) is 10.0 Å². The van der Waals surface area contributed by atoms with Crippen molar-refractivity contribution in [3.05, 3.63) is 23.5 Å². The summed E-state index contributed by atoms with van der Waals surface area (Å²) >= 11 is 0. The largest absolute Gasteiger partial charge is 0.398 e. The van der Waals surface area contributed by atoms with Crippen LogP contribution in [0.1, 0.15) is 32.3 Å². The fourth-order valence-electron chi connectivity index (χ4n) is 2.79. The molecule has 0 unspecified atom stereocenters. The van der Waals surface area contributed by atoms with Crippen LogP contribution in [0, 0.1) is 24.6 Å². The molecule has 0 radical (unpaired) electrons. The molecule has 1 aliphatic rings. The van der Waals surface area contributed by atoms with Crippen molar-refractivity contribution in [2.45, 2.75) is 38.5 Å². The van der Waals surface area contributed by atoms with Gasteiger partial charge in [0.25, 0.3) is 0 Å². The Morgan fingerprint density at radius 2 is 1.86 bits per heavy atom. The first-order chi connectivity index (χ1) is 9.73. The number of aryl methyl sites for hydroxylation is 1. The summed E-state index contributed by atoms with van der Waals surface area (Å²) in [6.07, 6.45) is 1.64. The first kappa shape index (κ1) is 16.2. The lowest BCUT2D eigenvalue weighted by Gasteiger charge is -2.33. The highest BCUT2D eigenvalue weighted by atomic mass is 32.2. The van der Waals surface area contributed by atoms with Crippen molar-refractivity contribution in [1.29, 1.82) is 0 Å². The van der Waals surface area contributed by atoms with E-state index in [1.165, 1.54) is 16.4 Å². The van der Waals surface area contributed by atoms with Gasteiger partial charge in [-0.05, 0) is 49.3 Å². The standard InChI is InChI=1S/C15H23FN2O2S/c1-10(2)12-4-6-18(7-5-12)21(19,20)15-9-14(17)11(3)8-13(15)16/h8-10,12H,4-7,17H2,1-3H3. The van der Waals surface area contributed by atoms with Crippen molar-refractivity contribution in [3.8, 4) is 0 Å². The van der Waals surface area contributed by atoms with Gasteiger partial charge in [-0.15, -0.1) is 0 Å². The number of halogens is 1. The van der Waals surface area contributed by atoms with Crippen LogP contribution in [0.3, 0.4) is 0 Å². The van der Waals surface area contributed by atoms with Crippen LogP contribution in [0.2, 0.25) is 0 Å². The summed E-state index contributed by atoms with van der Waals surface area (Å²) < 4.78 is 40.6. The highest BCUT2D eigenvalue weighted by Crippen LogP contribution is 2.30. The molecule has 0 atom stereocenters. The molecule has 118 valence electrons. The number of sulfonamides is 1. The van der Waals surface area contributed by atoms with Gasteiger partial charge in [0.2, 0.25) is 10.0 Å². The SMILES string of the molecule is Cc1cc(F)c(S(=O)(=O)N2CCC(C(C)C)CC2)cc1N. The van der Waals surface area contributed by atoms with Crippen molar-refractivity contribution < 1.29 is 12.8 Å². The molecule has 4 nitrogen and oxygen atoms in total. The average Bonchev–Trinajstić information content (AvgIpc) is 2.42. The fourth-order valence-corrected chi connectivity index (χ4v) is 4.34. The maximum atomic E-state index is 14.0. The van der Waals surface area contributed by atoms with E-state index in [0.717, 1.165) is 12.8 Å². The van der Waals surface area contributed by atoms with Gasteiger partial charge < -0.3 is 5.73 Å². The van der Waals surface area contributed by atoms with Crippen LogP contribution in [0.15, 0.2) is 17.0 Å². The Hall–Kier alpha value is -1.14. The van der Waals surface area contributed by atoms with Gasteiger partial charge in [-0.3, -0.25) is 0 Å². The molecule has 1 aromatic carbocycles. The second-order valence-corrected chi connectivity index (χ2v) is 8.03. The molecular weight excluding hydrogens is 291 g/mol. The lowest BCUT2D eigenvalue weighted by Crippen LogP contribution is -2.39. The number of hydrogen-bond donors (Lipinski definition) is 1. The summed E-state index contributed by atoms with van der Waals surface area (Å²) in [7, 11) is -3.80. The van der Waals surface area contributed by atoms with Crippen molar-refractivity contribution in [3.63, 3.8) is 0 Å². The molecule has 1 heterocycles. The lowest BCUT2D eigenvalue weighted by molar-refractivity contribution is 0.226. The number of nitrogens with two attached hydrogens (primary N) is 1. The summed E-state index contributed by atoms with van der Waals surface area (Å²) in [5, 5.41) is 0. The molecule has 21 heavy (non-hydrogen) atoms. The third kappa shape index (κ3) is 3.21. The predicted octanol–water partition coefficient (Wildman–Crippen LogP) is 2.77. The smallest absolute Gasteiger partial charge is 0.246 e. The van der Waals surface area contributed by atoms with E-state index in [1.807, 2.05) is 0 Å². The molecule has 0 aromatic heterocycles. The normalized spacial score (nSPS) is 18.3. The molecule has 1 aromatic rings. The van der Waals surface area contributed by atoms with E-state index in [9.17, 15) is 12.8 Å². The van der Waals surface area contributed by atoms with Crippen LogP contribution >= 0.6 is 0 Å². The molecule has 0 amide bonds. The maximum Gasteiger partial charge on any atom is 0.246 e. The third-order valence-corrected chi connectivity index (χ3v) is 6.29. The summed E-state index contributed by atoms with van der Waals surface area (Å²) in [5.74, 6) is 0.346. The number of rotatable bonds is 3. The van der Waals surface area contributed by atoms with Crippen molar-refractivity contribution in [1.82, 2.24) is 4.31 Å². The Morgan fingerprint density at radius 1 is 1.29 bits per heavy atom. The van der Waals surface area contributed by atoms with E-state index in [0.29, 0.717) is 36.2 Å². The van der Waals surface area contributed by atoms with E-state index in [-0.39, 0.29) is 4.90 Å². The molecule has 0 spiro atoms. The zero-order chi connectivity index (χ0) is 15.8. The van der Waals surface area contributed by atoms with Crippen LogP contribution in [0.4, 0.5) is 10.1 Å². The predicted molar refractivity (Wildman–Crippen MR) is 81.9 cm³/mol. The Balaban J connectivity index is 2.26. The molecule has 0 bridgehead atoms. The average molecular weight is 314 g/mol. The van der Waals surface area contributed by atoms with Gasteiger partial charge in [-0.2, -0.15) is 4.31 Å². The van der Waals surface area contributed by atoms with Crippen LogP contribution in [0.25, 0.3) is 0 Å². The summed E-state index contributed by atoms with van der Waals surface area (Å²) in [4.78, 5) is -0.311. The van der Waals surface area contributed by atoms with E-state index >= 15 is 0 Å². The van der Waals surface area contributed by atoms with Crippen molar-refractivity contribution >= 4 is 15.7 Å². The van der Waals surface area contributed by atoms with Gasteiger partial charge in [0.1, 0.15) is 10.7 Å². The van der Waals surface area contributed by atoms with Crippen LogP contribution in [0.5, 0.6) is 0 Å². The van der Waals surface area contributed by atoms with E-state index in [4.69, 9.17) is 5.73 Å². The number of nitrogen functional groups attached to an aromatic ring is 1. The summed E-state index contributed by atoms with van der Waals surface area (Å²) in [6.45, 7) is 6.84. The Labute approximate surface area is 126 Å². The molecule has 2 rings (SSSR count). The highest BCUT2D eigenvalue weighted by molar-refractivity contribution is 7.89. The van der Waals surface area contributed by atoms with Gasteiger partial charge in [0, 0.05) is 18.8 Å². The summed E-state index contributed by atoms with van der Waals surface area (Å²) in [5.41, 5.74) is 6.57. The lowest BCUT2D eigenvalue weighted by atomic mass is 9.87. The molecule has 1 aliphatic heterocycles. The van der Waals surface area contributed by atoms with Gasteiger partial charge in [-0.25, -0.2) is 12.8 Å². The Kier molecular flexibility index (Phi) is 4.58. The van der Waals surface area contributed by atoms with Crippen molar-refractivity contribution in [2.24, 2.45) is 11.8 Å². The molecule has 6 heteroatoms. The Bertz CT molecular complexity index is 621. The number of nitrogens with zero attached hydrogens (tertiary/aromatic N) is 1. The second kappa shape index (κ2) is 5.93. The third-order valence-electron chi connectivity index (χ3n) is 4.38. The van der Waals surface area contributed by atoms with Crippen LogP contribution in [-0.4, -0.2) is 25.8 Å². The quantitative estimate of drug-likeness (QED) is 0.873. The fraction of sp³-hybridized carbons (Fsp3) is 0.600. The highest BCUT2D eigenvalue weighted by Gasteiger charge is 2.32. The number of piperidine rings is 1. The van der Waals surface area contributed by atoms with E-state index in [1.54, 1.807) is 6.92 Å². The summed E-state index contributed by atoms with van der Waals surface area (Å²) in [6, 6.07) is 2.41. The first-order valence-corrected chi connectivity index (χ1v) is 8.73. The maximum absolute atomic E-state index is 14.0. The number of anilines is 1. The molecule has 0 saturated carbocycles. The monoisotopic (exact) mass is 314 g/mol. The minimum absolute atomic E-state index is 0.298. The van der Waals surface area contributed by atoms with Crippen LogP contribution < -0.4 is 5.73 Å². The number of benzene rings is 1. The van der Waals surface area contributed by atoms with Crippen molar-refractivity contribution in [2.75, 3.05) is 18.8 Å². The van der Waals surface area contributed by atoms with Gasteiger partial charge in [0.05, 0.1) is 0 Å². The molecule has 1 fully saturated rings. The Morgan fingerprint density at radius 3 is 2.38 bits per heavy atom. The van der Waals surface area contributed by atoms with E-state index in [2.05, 4.69) is 13.8 Å². The zero-order valence-electron chi connectivity index (χ0n) is 12.8.